The first-order valence-electron chi connectivity index (χ1n) is 3.83. The molecule has 0 radical (unpaired) electrons. The highest BCUT2D eigenvalue weighted by Gasteiger charge is 2.14. The molecule has 1 nitrogen and oxygen atoms in total. The maximum atomic E-state index is 5.57. The summed E-state index contributed by atoms with van der Waals surface area (Å²) >= 11 is 11.1. The van der Waals surface area contributed by atoms with Crippen molar-refractivity contribution in [3.8, 4) is 0 Å². The van der Waals surface area contributed by atoms with Crippen molar-refractivity contribution in [2.24, 2.45) is 0 Å². The Morgan fingerprint density at radius 3 is 2.20 bits per heavy atom. The van der Waals surface area contributed by atoms with Gasteiger partial charge in [0.05, 0.1) is 0 Å². The highest BCUT2D eigenvalue weighted by atomic mass is 35.5. The lowest BCUT2D eigenvalue weighted by Crippen LogP contribution is -2.33. The molecule has 1 fully saturated rings. The third-order valence-electron chi connectivity index (χ3n) is 1.97. The molecule has 0 amide bonds. The van der Waals surface area contributed by atoms with Gasteiger partial charge in [0.1, 0.15) is 0 Å². The zero-order valence-electron chi connectivity index (χ0n) is 5.95. The molecule has 0 aromatic heterocycles. The summed E-state index contributed by atoms with van der Waals surface area (Å²) in [6.07, 6.45) is 6.47. The van der Waals surface area contributed by atoms with Crippen LogP contribution in [0.2, 0.25) is 0 Å². The molecule has 0 spiro atoms. The molecule has 1 aliphatic carbocycles. The molecule has 0 saturated heterocycles. The second-order valence-corrected chi connectivity index (χ2v) is 3.90. The Morgan fingerprint density at radius 1 is 1.10 bits per heavy atom. The van der Waals surface area contributed by atoms with E-state index < -0.39 is 0 Å². The average molecular weight is 182 g/mol. The first-order valence-corrected chi connectivity index (χ1v) is 4.70. The van der Waals surface area contributed by atoms with Crippen LogP contribution in [0.4, 0.5) is 0 Å². The number of hydrogen-bond donors (Lipinski definition) is 1. The van der Waals surface area contributed by atoms with Crippen molar-refractivity contribution in [1.29, 1.82) is 0 Å². The Morgan fingerprint density at radius 2 is 1.70 bits per heavy atom. The second kappa shape index (κ2) is 4.42. The number of rotatable bonds is 2. The highest BCUT2D eigenvalue weighted by Crippen LogP contribution is 2.18. The van der Waals surface area contributed by atoms with Gasteiger partial charge in [-0.2, -0.15) is 0 Å². The molecule has 0 aliphatic heterocycles. The highest BCUT2D eigenvalue weighted by molar-refractivity contribution is 6.43. The molecule has 60 valence electrons. The van der Waals surface area contributed by atoms with E-state index in [1.807, 2.05) is 0 Å². The van der Waals surface area contributed by atoms with E-state index in [2.05, 4.69) is 5.32 Å². The van der Waals surface area contributed by atoms with Gasteiger partial charge in [0, 0.05) is 6.04 Å². The molecule has 3 heteroatoms. The Kier molecular flexibility index (Phi) is 3.82. The van der Waals surface area contributed by atoms with Crippen LogP contribution in [0.3, 0.4) is 0 Å². The fraction of sp³-hybridized carbons (Fsp3) is 1.00. The zero-order chi connectivity index (χ0) is 7.40. The van der Waals surface area contributed by atoms with Crippen LogP contribution in [-0.2, 0) is 0 Å². The van der Waals surface area contributed by atoms with Crippen LogP contribution in [0.15, 0.2) is 0 Å². The van der Waals surface area contributed by atoms with Crippen molar-refractivity contribution in [1.82, 2.24) is 5.32 Å². The van der Waals surface area contributed by atoms with E-state index in [0.29, 0.717) is 6.04 Å². The summed E-state index contributed by atoms with van der Waals surface area (Å²) in [5, 5.41) is 3.11. The first kappa shape index (κ1) is 8.63. The molecule has 0 aromatic rings. The molecule has 1 saturated carbocycles. The lowest BCUT2D eigenvalue weighted by Gasteiger charge is -2.23. The topological polar surface area (TPSA) is 12.0 Å². The van der Waals surface area contributed by atoms with E-state index >= 15 is 0 Å². The summed E-state index contributed by atoms with van der Waals surface area (Å²) in [5.74, 6) is 0. The predicted molar refractivity (Wildman–Crippen MR) is 45.5 cm³/mol. The Balaban J connectivity index is 2.13. The third kappa shape index (κ3) is 3.09. The van der Waals surface area contributed by atoms with Gasteiger partial charge >= 0.3 is 0 Å². The third-order valence-corrected chi connectivity index (χ3v) is 2.22. The van der Waals surface area contributed by atoms with Crippen LogP contribution < -0.4 is 5.32 Å². The van der Waals surface area contributed by atoms with Crippen molar-refractivity contribution in [2.45, 2.75) is 43.1 Å². The molecule has 0 heterocycles. The maximum absolute atomic E-state index is 5.57. The van der Waals surface area contributed by atoms with E-state index in [9.17, 15) is 0 Å². The van der Waals surface area contributed by atoms with Gasteiger partial charge < -0.3 is 0 Å². The van der Waals surface area contributed by atoms with Crippen LogP contribution in [0.5, 0.6) is 0 Å². The SMILES string of the molecule is ClC(Cl)NC1CCCCC1. The van der Waals surface area contributed by atoms with Gasteiger partial charge in [-0.3, -0.25) is 5.32 Å². The zero-order valence-corrected chi connectivity index (χ0v) is 7.46. The van der Waals surface area contributed by atoms with Crippen LogP contribution in [0.1, 0.15) is 32.1 Å². The molecule has 0 atom stereocenters. The fourth-order valence-electron chi connectivity index (χ4n) is 1.45. The Bertz CT molecular complexity index is 89.6. The summed E-state index contributed by atoms with van der Waals surface area (Å²) in [5.41, 5.74) is 0. The molecule has 1 N–H and O–H groups in total. The number of alkyl halides is 2. The second-order valence-electron chi connectivity index (χ2n) is 2.80. The molecule has 0 unspecified atom stereocenters. The summed E-state index contributed by atoms with van der Waals surface area (Å²) < 4.78 is 0. The van der Waals surface area contributed by atoms with Crippen LogP contribution in [0.25, 0.3) is 0 Å². The van der Waals surface area contributed by atoms with Gasteiger partial charge in [-0.05, 0) is 12.8 Å². The van der Waals surface area contributed by atoms with Crippen molar-refractivity contribution in [3.05, 3.63) is 0 Å². The molecule has 10 heavy (non-hydrogen) atoms. The van der Waals surface area contributed by atoms with Gasteiger partial charge in [-0.15, -0.1) is 0 Å². The smallest absolute Gasteiger partial charge is 0.158 e. The Labute approximate surface area is 72.1 Å². The summed E-state index contributed by atoms with van der Waals surface area (Å²) in [4.78, 5) is -0.386. The molecular formula is C7H13Cl2N. The van der Waals surface area contributed by atoms with E-state index in [4.69, 9.17) is 23.2 Å². The largest absolute Gasteiger partial charge is 0.286 e. The number of halogens is 2. The average Bonchev–Trinajstić information content (AvgIpc) is 1.88. The molecule has 1 aliphatic rings. The van der Waals surface area contributed by atoms with Crippen molar-refractivity contribution in [3.63, 3.8) is 0 Å². The first-order chi connectivity index (χ1) is 4.79. The predicted octanol–water partition coefficient (Wildman–Crippen LogP) is 2.67. The number of nitrogens with one attached hydrogen (secondary N) is 1. The molecule has 1 rings (SSSR count). The minimum absolute atomic E-state index is 0.386. The lowest BCUT2D eigenvalue weighted by atomic mass is 9.96. The van der Waals surface area contributed by atoms with Gasteiger partial charge in [0.15, 0.2) is 4.96 Å². The van der Waals surface area contributed by atoms with Gasteiger partial charge in [0.25, 0.3) is 0 Å². The maximum Gasteiger partial charge on any atom is 0.158 e. The minimum atomic E-state index is -0.386. The monoisotopic (exact) mass is 181 g/mol. The normalized spacial score (nSPS) is 21.9. The van der Waals surface area contributed by atoms with Gasteiger partial charge in [0.2, 0.25) is 0 Å². The molecule has 0 bridgehead atoms. The van der Waals surface area contributed by atoms with Crippen LogP contribution in [-0.4, -0.2) is 11.0 Å². The van der Waals surface area contributed by atoms with Crippen molar-refractivity contribution in [2.75, 3.05) is 0 Å². The van der Waals surface area contributed by atoms with E-state index in [1.54, 1.807) is 0 Å². The summed E-state index contributed by atoms with van der Waals surface area (Å²) in [6.45, 7) is 0. The number of hydrogen-bond acceptors (Lipinski definition) is 1. The molecular weight excluding hydrogens is 169 g/mol. The fourth-order valence-corrected chi connectivity index (χ4v) is 1.80. The summed E-state index contributed by atoms with van der Waals surface area (Å²) in [7, 11) is 0. The van der Waals surface area contributed by atoms with E-state index in [0.717, 1.165) is 0 Å². The van der Waals surface area contributed by atoms with Gasteiger partial charge in [-0.1, -0.05) is 42.5 Å². The van der Waals surface area contributed by atoms with E-state index in [-0.39, 0.29) is 4.96 Å². The van der Waals surface area contributed by atoms with Crippen LogP contribution in [0, 0.1) is 0 Å². The quantitative estimate of drug-likeness (QED) is 0.511. The van der Waals surface area contributed by atoms with Crippen molar-refractivity contribution >= 4 is 23.2 Å². The molecule has 0 aromatic carbocycles. The Hall–Kier alpha value is 0.540. The van der Waals surface area contributed by atoms with E-state index in [1.165, 1.54) is 32.1 Å². The van der Waals surface area contributed by atoms with Crippen molar-refractivity contribution < 1.29 is 0 Å². The lowest BCUT2D eigenvalue weighted by molar-refractivity contribution is 0.383. The van der Waals surface area contributed by atoms with Crippen LogP contribution >= 0.6 is 23.2 Å². The van der Waals surface area contributed by atoms with Gasteiger partial charge in [-0.25, -0.2) is 0 Å². The minimum Gasteiger partial charge on any atom is -0.286 e. The summed E-state index contributed by atoms with van der Waals surface area (Å²) in [6, 6.07) is 0.564. The standard InChI is InChI=1S/C7H13Cl2N/c8-7(9)10-6-4-2-1-3-5-6/h6-7,10H,1-5H2.